The molecule has 0 saturated carbocycles. The summed E-state index contributed by atoms with van der Waals surface area (Å²) < 4.78 is 40.3. The molecule has 2 aromatic rings. The molecule has 1 amide bonds. The summed E-state index contributed by atoms with van der Waals surface area (Å²) in [7, 11) is -3.73. The molecule has 166 valence electrons. The van der Waals surface area contributed by atoms with Crippen molar-refractivity contribution in [1.82, 2.24) is 20.1 Å². The molecule has 0 spiro atoms. The lowest BCUT2D eigenvalue weighted by Crippen LogP contribution is -2.47. The van der Waals surface area contributed by atoms with Crippen LogP contribution < -0.4 is 10.9 Å². The van der Waals surface area contributed by atoms with Gasteiger partial charge in [0.2, 0.25) is 15.9 Å². The van der Waals surface area contributed by atoms with E-state index in [4.69, 9.17) is 11.6 Å². The number of hydrogen-bond acceptors (Lipinski definition) is 5. The van der Waals surface area contributed by atoms with E-state index in [1.807, 2.05) is 18.2 Å². The molecule has 4 rings (SSSR count). The van der Waals surface area contributed by atoms with E-state index < -0.39 is 21.9 Å². The standard InChI is InChI=1S/C21H24ClFN4O3S/c22-16-4-1-3-15(13-16)19-14-20(25-24-19)21(28)26-9-2-10-27(12-11-26)31(29,30)18-7-5-17(23)6-8-18/h1,3-8,13,19-20,24-25H,2,9-12,14H2. The van der Waals surface area contributed by atoms with Crippen molar-refractivity contribution in [3.05, 3.63) is 64.9 Å². The second-order valence-electron chi connectivity index (χ2n) is 7.72. The number of hydrazine groups is 1. The minimum absolute atomic E-state index is 0.0324. The Morgan fingerprint density at radius 1 is 1.03 bits per heavy atom. The first-order valence-corrected chi connectivity index (χ1v) is 12.0. The fourth-order valence-corrected chi connectivity index (χ4v) is 5.66. The van der Waals surface area contributed by atoms with E-state index in [-0.39, 0.29) is 23.4 Å². The minimum Gasteiger partial charge on any atom is -0.340 e. The van der Waals surface area contributed by atoms with Crippen molar-refractivity contribution in [3.63, 3.8) is 0 Å². The van der Waals surface area contributed by atoms with Crippen LogP contribution in [0.5, 0.6) is 0 Å². The van der Waals surface area contributed by atoms with Crippen molar-refractivity contribution in [2.75, 3.05) is 26.2 Å². The van der Waals surface area contributed by atoms with Gasteiger partial charge in [-0.25, -0.2) is 23.7 Å². The number of hydrogen-bond donors (Lipinski definition) is 2. The zero-order valence-corrected chi connectivity index (χ0v) is 18.4. The first-order chi connectivity index (χ1) is 14.8. The second kappa shape index (κ2) is 9.22. The molecule has 2 saturated heterocycles. The van der Waals surface area contributed by atoms with Gasteiger partial charge in [0.15, 0.2) is 0 Å². The van der Waals surface area contributed by atoms with Crippen LogP contribution in [0.4, 0.5) is 4.39 Å². The summed E-state index contributed by atoms with van der Waals surface area (Å²) in [6.07, 6.45) is 1.11. The van der Waals surface area contributed by atoms with Crippen LogP contribution in [-0.2, 0) is 14.8 Å². The predicted octanol–water partition coefficient (Wildman–Crippen LogP) is 2.31. The molecule has 2 N–H and O–H groups in total. The van der Waals surface area contributed by atoms with Crippen molar-refractivity contribution < 1.29 is 17.6 Å². The molecule has 0 bridgehead atoms. The van der Waals surface area contributed by atoms with E-state index in [2.05, 4.69) is 10.9 Å². The molecule has 10 heteroatoms. The lowest BCUT2D eigenvalue weighted by molar-refractivity contribution is -0.133. The molecule has 2 heterocycles. The molecule has 2 aliphatic heterocycles. The summed E-state index contributed by atoms with van der Waals surface area (Å²) in [6.45, 7) is 1.29. The molecule has 31 heavy (non-hydrogen) atoms. The van der Waals surface area contributed by atoms with E-state index in [9.17, 15) is 17.6 Å². The Morgan fingerprint density at radius 3 is 2.55 bits per heavy atom. The number of amides is 1. The van der Waals surface area contributed by atoms with Crippen LogP contribution in [0.3, 0.4) is 0 Å². The van der Waals surface area contributed by atoms with Crippen molar-refractivity contribution in [2.45, 2.75) is 29.8 Å². The van der Waals surface area contributed by atoms with Crippen molar-refractivity contribution in [2.24, 2.45) is 0 Å². The lowest BCUT2D eigenvalue weighted by atomic mass is 10.0. The van der Waals surface area contributed by atoms with E-state index in [1.165, 1.54) is 16.4 Å². The zero-order chi connectivity index (χ0) is 22.0. The molecule has 2 aromatic carbocycles. The van der Waals surface area contributed by atoms with Gasteiger partial charge in [0.1, 0.15) is 11.9 Å². The van der Waals surface area contributed by atoms with Gasteiger partial charge in [-0.3, -0.25) is 4.79 Å². The van der Waals surface area contributed by atoms with Gasteiger partial charge in [0.25, 0.3) is 0 Å². The van der Waals surface area contributed by atoms with Gasteiger partial charge in [0.05, 0.1) is 4.90 Å². The van der Waals surface area contributed by atoms with Gasteiger partial charge in [-0.05, 0) is 54.8 Å². The second-order valence-corrected chi connectivity index (χ2v) is 10.1. The number of rotatable bonds is 4. The molecular formula is C21H24ClFN4O3S. The first kappa shape index (κ1) is 22.2. The molecule has 2 unspecified atom stereocenters. The summed E-state index contributed by atoms with van der Waals surface area (Å²) >= 11 is 6.07. The Bertz CT molecular complexity index is 1050. The number of halogens is 2. The number of benzene rings is 2. The van der Waals surface area contributed by atoms with E-state index in [0.717, 1.165) is 17.7 Å². The Labute approximate surface area is 186 Å². The minimum atomic E-state index is -3.73. The number of carbonyl (C=O) groups excluding carboxylic acids is 1. The summed E-state index contributed by atoms with van der Waals surface area (Å²) in [5.41, 5.74) is 7.22. The molecule has 7 nitrogen and oxygen atoms in total. The van der Waals surface area contributed by atoms with Crippen molar-refractivity contribution in [3.8, 4) is 0 Å². The highest BCUT2D eigenvalue weighted by Crippen LogP contribution is 2.26. The van der Waals surface area contributed by atoms with E-state index in [1.54, 1.807) is 11.0 Å². The van der Waals surface area contributed by atoms with Crippen LogP contribution in [0.1, 0.15) is 24.4 Å². The number of nitrogens with one attached hydrogen (secondary N) is 2. The summed E-state index contributed by atoms with van der Waals surface area (Å²) in [5, 5.41) is 0.643. The number of carbonyl (C=O) groups is 1. The number of sulfonamides is 1. The Morgan fingerprint density at radius 2 is 1.81 bits per heavy atom. The average molecular weight is 467 g/mol. The highest BCUT2D eigenvalue weighted by Gasteiger charge is 2.35. The monoisotopic (exact) mass is 466 g/mol. The molecule has 2 fully saturated rings. The Balaban J connectivity index is 1.38. The van der Waals surface area contributed by atoms with Crippen LogP contribution >= 0.6 is 11.6 Å². The third-order valence-electron chi connectivity index (χ3n) is 5.67. The Kier molecular flexibility index (Phi) is 6.59. The van der Waals surface area contributed by atoms with Crippen LogP contribution in [0.2, 0.25) is 5.02 Å². The lowest BCUT2D eigenvalue weighted by Gasteiger charge is -2.24. The van der Waals surface area contributed by atoms with Crippen LogP contribution in [0, 0.1) is 5.82 Å². The maximum Gasteiger partial charge on any atom is 0.243 e. The van der Waals surface area contributed by atoms with Gasteiger partial charge in [-0.2, -0.15) is 4.31 Å². The maximum absolute atomic E-state index is 13.2. The maximum atomic E-state index is 13.2. The fraction of sp³-hybridized carbons (Fsp3) is 0.381. The van der Waals surface area contributed by atoms with E-state index >= 15 is 0 Å². The van der Waals surface area contributed by atoms with Gasteiger partial charge in [0, 0.05) is 37.2 Å². The highest BCUT2D eigenvalue weighted by atomic mass is 35.5. The topological polar surface area (TPSA) is 81.8 Å². The van der Waals surface area contributed by atoms with Crippen LogP contribution in [0.25, 0.3) is 0 Å². The third kappa shape index (κ3) is 4.91. The summed E-state index contributed by atoms with van der Waals surface area (Å²) in [4.78, 5) is 14.8. The van der Waals surface area contributed by atoms with Gasteiger partial charge in [-0.1, -0.05) is 23.7 Å². The van der Waals surface area contributed by atoms with Gasteiger partial charge < -0.3 is 4.90 Å². The molecule has 0 aliphatic carbocycles. The normalized spacial score (nSPS) is 23.0. The summed E-state index contributed by atoms with van der Waals surface area (Å²) in [6, 6.07) is 11.9. The predicted molar refractivity (Wildman–Crippen MR) is 115 cm³/mol. The SMILES string of the molecule is O=C(C1CC(c2cccc(Cl)c2)NN1)N1CCCN(S(=O)(=O)c2ccc(F)cc2)CC1. The van der Waals surface area contributed by atoms with Crippen molar-refractivity contribution in [1.29, 1.82) is 0 Å². The fourth-order valence-electron chi connectivity index (χ4n) is 3.99. The van der Waals surface area contributed by atoms with Crippen LogP contribution in [0.15, 0.2) is 53.4 Å². The highest BCUT2D eigenvalue weighted by molar-refractivity contribution is 7.89. The van der Waals surface area contributed by atoms with Crippen LogP contribution in [-0.4, -0.2) is 55.8 Å². The smallest absolute Gasteiger partial charge is 0.243 e. The number of nitrogens with zero attached hydrogens (tertiary/aromatic N) is 2. The molecule has 2 aliphatic rings. The quantitative estimate of drug-likeness (QED) is 0.722. The van der Waals surface area contributed by atoms with Gasteiger partial charge >= 0.3 is 0 Å². The van der Waals surface area contributed by atoms with E-state index in [0.29, 0.717) is 37.5 Å². The molecular weight excluding hydrogens is 443 g/mol. The largest absolute Gasteiger partial charge is 0.340 e. The third-order valence-corrected chi connectivity index (χ3v) is 7.82. The molecule has 2 atom stereocenters. The molecule has 0 radical (unpaired) electrons. The van der Waals surface area contributed by atoms with Gasteiger partial charge in [-0.15, -0.1) is 0 Å². The zero-order valence-electron chi connectivity index (χ0n) is 16.8. The summed E-state index contributed by atoms with van der Waals surface area (Å²) in [5.74, 6) is -0.543. The first-order valence-electron chi connectivity index (χ1n) is 10.2. The molecule has 0 aromatic heterocycles. The van der Waals surface area contributed by atoms with Crippen molar-refractivity contribution >= 4 is 27.5 Å². The Hall–Kier alpha value is -2.04. The average Bonchev–Trinajstić information content (AvgIpc) is 3.11.